The third-order valence-electron chi connectivity index (χ3n) is 3.02. The molecule has 0 saturated heterocycles. The van der Waals surface area contributed by atoms with Gasteiger partial charge < -0.3 is 5.32 Å². The predicted molar refractivity (Wildman–Crippen MR) is 72.6 cm³/mol. The van der Waals surface area contributed by atoms with Crippen molar-refractivity contribution in [3.63, 3.8) is 0 Å². The van der Waals surface area contributed by atoms with Crippen molar-refractivity contribution in [1.82, 2.24) is 30.0 Å². The van der Waals surface area contributed by atoms with Gasteiger partial charge in [0.05, 0.1) is 11.7 Å². The van der Waals surface area contributed by atoms with Crippen LogP contribution in [0.25, 0.3) is 0 Å². The molecule has 0 aliphatic carbocycles. The Bertz CT molecular complexity index is 521. The first-order valence-corrected chi connectivity index (χ1v) is 6.58. The summed E-state index contributed by atoms with van der Waals surface area (Å²) in [5.41, 5.74) is 0.987. The Balaban J connectivity index is 2.17. The van der Waals surface area contributed by atoms with Crippen molar-refractivity contribution in [3.8, 4) is 0 Å². The molecule has 1 N–H and O–H groups in total. The van der Waals surface area contributed by atoms with Crippen molar-refractivity contribution in [3.05, 3.63) is 35.9 Å². The zero-order chi connectivity index (χ0) is 13.7. The van der Waals surface area contributed by atoms with Crippen molar-refractivity contribution in [2.45, 2.75) is 39.3 Å². The Morgan fingerprint density at radius 1 is 1.37 bits per heavy atom. The third-order valence-corrected chi connectivity index (χ3v) is 3.02. The molecule has 0 aromatic carbocycles. The monoisotopic (exact) mass is 260 g/mol. The summed E-state index contributed by atoms with van der Waals surface area (Å²) in [7, 11) is 1.93. The Kier molecular flexibility index (Phi) is 4.57. The Hall–Kier alpha value is -1.82. The molecule has 1 atom stereocenters. The first kappa shape index (κ1) is 13.6. The van der Waals surface area contributed by atoms with Gasteiger partial charge in [0.1, 0.15) is 18.0 Å². The number of aryl methyl sites for hydroxylation is 2. The van der Waals surface area contributed by atoms with Crippen LogP contribution < -0.4 is 5.32 Å². The molecule has 0 fully saturated rings. The SMILES string of the molecule is CCCn1ncnc1CC(NC)c1ccnc(C)n1. The van der Waals surface area contributed by atoms with Crippen molar-refractivity contribution in [2.75, 3.05) is 7.05 Å². The summed E-state index contributed by atoms with van der Waals surface area (Å²) < 4.78 is 1.96. The first-order valence-electron chi connectivity index (χ1n) is 6.58. The number of nitrogens with zero attached hydrogens (tertiary/aromatic N) is 5. The van der Waals surface area contributed by atoms with Crippen LogP contribution in [0.15, 0.2) is 18.6 Å². The van der Waals surface area contributed by atoms with E-state index in [4.69, 9.17) is 0 Å². The van der Waals surface area contributed by atoms with Crippen molar-refractivity contribution >= 4 is 0 Å². The topological polar surface area (TPSA) is 68.5 Å². The maximum Gasteiger partial charge on any atom is 0.138 e. The lowest BCUT2D eigenvalue weighted by atomic mass is 10.1. The Morgan fingerprint density at radius 3 is 2.89 bits per heavy atom. The molecule has 19 heavy (non-hydrogen) atoms. The quantitative estimate of drug-likeness (QED) is 0.847. The minimum atomic E-state index is 0.126. The Morgan fingerprint density at radius 2 is 2.21 bits per heavy atom. The van der Waals surface area contributed by atoms with Gasteiger partial charge in [0.15, 0.2) is 0 Å². The minimum Gasteiger partial charge on any atom is -0.311 e. The summed E-state index contributed by atoms with van der Waals surface area (Å²) in [6.45, 7) is 4.93. The van der Waals surface area contributed by atoms with Gasteiger partial charge in [0.25, 0.3) is 0 Å². The second-order valence-corrected chi connectivity index (χ2v) is 4.47. The van der Waals surface area contributed by atoms with E-state index >= 15 is 0 Å². The lowest BCUT2D eigenvalue weighted by Gasteiger charge is -2.15. The Labute approximate surface area is 113 Å². The molecule has 2 rings (SSSR count). The van der Waals surface area contributed by atoms with E-state index in [0.29, 0.717) is 0 Å². The van der Waals surface area contributed by atoms with Gasteiger partial charge in [-0.1, -0.05) is 6.92 Å². The van der Waals surface area contributed by atoms with E-state index < -0.39 is 0 Å². The van der Waals surface area contributed by atoms with Gasteiger partial charge >= 0.3 is 0 Å². The smallest absolute Gasteiger partial charge is 0.138 e. The van der Waals surface area contributed by atoms with Crippen LogP contribution in [0.3, 0.4) is 0 Å². The maximum absolute atomic E-state index is 4.47. The molecular formula is C13H20N6. The fraction of sp³-hybridized carbons (Fsp3) is 0.538. The number of aromatic nitrogens is 5. The molecule has 0 bridgehead atoms. The average molecular weight is 260 g/mol. The van der Waals surface area contributed by atoms with Crippen LogP contribution >= 0.6 is 0 Å². The molecule has 0 spiro atoms. The van der Waals surface area contributed by atoms with Gasteiger partial charge in [-0.2, -0.15) is 5.10 Å². The molecular weight excluding hydrogens is 240 g/mol. The molecule has 1 unspecified atom stereocenters. The van der Waals surface area contributed by atoms with Crippen molar-refractivity contribution in [2.24, 2.45) is 0 Å². The van der Waals surface area contributed by atoms with Gasteiger partial charge in [0, 0.05) is 19.2 Å². The standard InChI is InChI=1S/C13H20N6/c1-4-7-19-13(16-9-17-19)8-12(14-3)11-5-6-15-10(2)18-11/h5-6,9,12,14H,4,7-8H2,1-3H3. The van der Waals surface area contributed by atoms with Crippen LogP contribution in [-0.2, 0) is 13.0 Å². The number of hydrogen-bond acceptors (Lipinski definition) is 5. The normalized spacial score (nSPS) is 12.6. The molecule has 6 heteroatoms. The molecule has 2 heterocycles. The van der Waals surface area contributed by atoms with Crippen LogP contribution in [0.5, 0.6) is 0 Å². The van der Waals surface area contributed by atoms with Crippen LogP contribution in [0.4, 0.5) is 0 Å². The number of hydrogen-bond donors (Lipinski definition) is 1. The first-order chi connectivity index (χ1) is 9.24. The fourth-order valence-corrected chi connectivity index (χ4v) is 2.05. The van der Waals surface area contributed by atoms with Gasteiger partial charge in [-0.05, 0) is 26.5 Å². The second-order valence-electron chi connectivity index (χ2n) is 4.47. The second kappa shape index (κ2) is 6.38. The molecule has 0 saturated carbocycles. The average Bonchev–Trinajstić information content (AvgIpc) is 2.84. The minimum absolute atomic E-state index is 0.126. The van der Waals surface area contributed by atoms with E-state index in [0.717, 1.165) is 36.7 Å². The van der Waals surface area contributed by atoms with E-state index in [2.05, 4.69) is 32.3 Å². The lowest BCUT2D eigenvalue weighted by molar-refractivity contribution is 0.508. The van der Waals surface area contributed by atoms with E-state index in [1.54, 1.807) is 12.5 Å². The number of rotatable bonds is 6. The van der Waals surface area contributed by atoms with E-state index in [9.17, 15) is 0 Å². The molecule has 102 valence electrons. The largest absolute Gasteiger partial charge is 0.311 e. The molecule has 0 aliphatic rings. The molecule has 0 radical (unpaired) electrons. The van der Waals surface area contributed by atoms with Gasteiger partial charge in [-0.3, -0.25) is 4.68 Å². The highest BCUT2D eigenvalue weighted by Crippen LogP contribution is 2.14. The highest BCUT2D eigenvalue weighted by molar-refractivity contribution is 5.09. The lowest BCUT2D eigenvalue weighted by Crippen LogP contribution is -2.22. The highest BCUT2D eigenvalue weighted by Gasteiger charge is 2.15. The van der Waals surface area contributed by atoms with Crippen molar-refractivity contribution < 1.29 is 0 Å². The predicted octanol–water partition coefficient (Wildman–Crippen LogP) is 1.29. The third kappa shape index (κ3) is 3.35. The van der Waals surface area contributed by atoms with Crippen LogP contribution in [-0.4, -0.2) is 31.8 Å². The van der Waals surface area contributed by atoms with E-state index in [-0.39, 0.29) is 6.04 Å². The molecule has 0 aliphatic heterocycles. The van der Waals surface area contributed by atoms with Gasteiger partial charge in [-0.25, -0.2) is 15.0 Å². The van der Waals surface area contributed by atoms with Crippen LogP contribution in [0, 0.1) is 6.92 Å². The summed E-state index contributed by atoms with van der Waals surface area (Å²) in [5, 5.41) is 7.53. The van der Waals surface area contributed by atoms with E-state index in [1.165, 1.54) is 0 Å². The van der Waals surface area contributed by atoms with Crippen LogP contribution in [0.1, 0.15) is 36.7 Å². The summed E-state index contributed by atoms with van der Waals surface area (Å²) in [6, 6.07) is 2.07. The molecule has 2 aromatic heterocycles. The molecule has 0 amide bonds. The summed E-state index contributed by atoms with van der Waals surface area (Å²) in [5.74, 6) is 1.77. The van der Waals surface area contributed by atoms with Crippen LogP contribution in [0.2, 0.25) is 0 Å². The maximum atomic E-state index is 4.47. The number of nitrogens with one attached hydrogen (secondary N) is 1. The molecule has 6 nitrogen and oxygen atoms in total. The van der Waals surface area contributed by atoms with Gasteiger partial charge in [0.2, 0.25) is 0 Å². The van der Waals surface area contributed by atoms with Gasteiger partial charge in [-0.15, -0.1) is 0 Å². The van der Waals surface area contributed by atoms with Crippen molar-refractivity contribution in [1.29, 1.82) is 0 Å². The summed E-state index contributed by atoms with van der Waals surface area (Å²) >= 11 is 0. The summed E-state index contributed by atoms with van der Waals surface area (Å²) in [4.78, 5) is 12.9. The highest BCUT2D eigenvalue weighted by atomic mass is 15.3. The summed E-state index contributed by atoms with van der Waals surface area (Å²) in [6.07, 6.45) is 5.22. The zero-order valence-corrected chi connectivity index (χ0v) is 11.7. The fourth-order valence-electron chi connectivity index (χ4n) is 2.05. The number of likely N-dealkylation sites (N-methyl/N-ethyl adjacent to an activating group) is 1. The zero-order valence-electron chi connectivity index (χ0n) is 11.7. The van der Waals surface area contributed by atoms with E-state index in [1.807, 2.05) is 24.7 Å². The molecule has 2 aromatic rings.